The normalized spacial score (nSPS) is 14.3. The predicted octanol–water partition coefficient (Wildman–Crippen LogP) is 6.37. The quantitative estimate of drug-likeness (QED) is 0.124. The topological polar surface area (TPSA) is 66.1 Å². The lowest BCUT2D eigenvalue weighted by Crippen LogP contribution is -2.25. The first kappa shape index (κ1) is 22.0. The van der Waals surface area contributed by atoms with Crippen LogP contribution in [0.5, 0.6) is 5.75 Å². The van der Waals surface area contributed by atoms with Gasteiger partial charge in [-0.05, 0) is 52.7 Å². The van der Waals surface area contributed by atoms with Crippen molar-refractivity contribution in [2.24, 2.45) is 7.05 Å². The van der Waals surface area contributed by atoms with Crippen LogP contribution in [0, 0.1) is 0 Å². The highest BCUT2D eigenvalue weighted by Gasteiger charge is 2.32. The van der Waals surface area contributed by atoms with Crippen molar-refractivity contribution in [2.75, 3.05) is 0 Å². The smallest absolute Gasteiger partial charge is 0.347 e. The minimum Gasteiger partial charge on any atom is -0.422 e. The maximum atomic E-state index is 13.6. The van der Waals surface area contributed by atoms with E-state index in [2.05, 4.69) is 18.2 Å². The van der Waals surface area contributed by atoms with Gasteiger partial charge in [0.1, 0.15) is 17.1 Å². The summed E-state index contributed by atoms with van der Waals surface area (Å²) in [6.45, 7) is 0. The molecule has 4 aromatic carbocycles. The van der Waals surface area contributed by atoms with E-state index in [1.54, 1.807) is 12.1 Å². The largest absolute Gasteiger partial charge is 0.422 e. The number of para-hydroxylation sites is 1. The molecule has 0 bridgehead atoms. The van der Waals surface area contributed by atoms with Crippen LogP contribution in [0.4, 0.5) is 0 Å². The highest BCUT2D eigenvalue weighted by atomic mass is 16.5. The fourth-order valence-electron chi connectivity index (χ4n) is 5.11. The molecule has 0 spiro atoms. The number of ketones is 1. The van der Waals surface area contributed by atoms with Gasteiger partial charge >= 0.3 is 5.97 Å². The Labute approximate surface area is 218 Å². The second-order valence-electron chi connectivity index (χ2n) is 9.28. The summed E-state index contributed by atoms with van der Waals surface area (Å²) in [5, 5.41) is 1.81. The third-order valence-corrected chi connectivity index (χ3v) is 6.99. The summed E-state index contributed by atoms with van der Waals surface area (Å²) < 4.78 is 9.61. The van der Waals surface area contributed by atoms with E-state index in [9.17, 15) is 9.59 Å². The molecule has 0 amide bonds. The summed E-state index contributed by atoms with van der Waals surface area (Å²) in [6, 6.07) is 33.2. The van der Waals surface area contributed by atoms with Gasteiger partial charge in [0.05, 0.1) is 16.8 Å². The zero-order valence-corrected chi connectivity index (χ0v) is 20.5. The van der Waals surface area contributed by atoms with E-state index >= 15 is 0 Å². The van der Waals surface area contributed by atoms with Gasteiger partial charge < -0.3 is 9.30 Å². The minimum absolute atomic E-state index is 0.0523. The van der Waals surface area contributed by atoms with E-state index in [0.29, 0.717) is 11.4 Å². The minimum atomic E-state index is -0.686. The molecule has 0 saturated heterocycles. The molecule has 38 heavy (non-hydrogen) atoms. The molecule has 6 heteroatoms. The molecule has 0 N–H and O–H groups in total. The van der Waals surface area contributed by atoms with E-state index in [1.807, 2.05) is 89.0 Å². The lowest BCUT2D eigenvalue weighted by Gasteiger charge is -2.18. The molecular weight excluding hydrogens is 474 g/mol. The van der Waals surface area contributed by atoms with Crippen LogP contribution in [-0.4, -0.2) is 25.9 Å². The number of carbonyl (C=O) groups is 2. The Hall–Kier alpha value is -5.23. The predicted molar refractivity (Wildman–Crippen MR) is 147 cm³/mol. The van der Waals surface area contributed by atoms with E-state index < -0.39 is 5.97 Å². The van der Waals surface area contributed by atoms with Crippen LogP contribution in [-0.2, 0) is 11.8 Å². The molecule has 3 heterocycles. The number of hydrogen-bond donors (Lipinski definition) is 0. The number of ether oxygens (including phenoxy) is 1. The first-order valence-electron chi connectivity index (χ1n) is 12.3. The number of aryl methyl sites for hydroxylation is 1. The van der Waals surface area contributed by atoms with Gasteiger partial charge in [-0.2, -0.15) is 0 Å². The van der Waals surface area contributed by atoms with Gasteiger partial charge in [0.2, 0.25) is 5.78 Å². The number of aromatic nitrogens is 3. The Bertz CT molecular complexity index is 1930. The average Bonchev–Trinajstić information content (AvgIpc) is 3.46. The number of fused-ring (bicyclic) bond motifs is 3. The van der Waals surface area contributed by atoms with Gasteiger partial charge in [-0.3, -0.25) is 9.36 Å². The first-order valence-corrected chi connectivity index (χ1v) is 12.3. The zero-order chi connectivity index (χ0) is 25.8. The number of benzene rings is 4. The highest BCUT2D eigenvalue weighted by Crippen LogP contribution is 2.35. The van der Waals surface area contributed by atoms with Crippen molar-refractivity contribution >= 4 is 39.8 Å². The summed E-state index contributed by atoms with van der Waals surface area (Å²) in [6.07, 6.45) is 1.54. The number of imidazole rings is 1. The van der Waals surface area contributed by atoms with Crippen molar-refractivity contribution in [3.8, 4) is 22.7 Å². The summed E-state index contributed by atoms with van der Waals surface area (Å²) in [5.41, 5.74) is 4.88. The number of hydrogen-bond acceptors (Lipinski definition) is 4. The lowest BCUT2D eigenvalue weighted by molar-refractivity contribution is -0.130. The molecular formula is C32H21N3O3. The monoisotopic (exact) mass is 495 g/mol. The molecule has 0 aliphatic carbocycles. The zero-order valence-electron chi connectivity index (χ0n) is 20.5. The number of Topliss-reactive ketones (excluding diaryl/α,β-unsaturated/α-hetero) is 1. The molecule has 6 aromatic rings. The molecule has 2 aromatic heterocycles. The van der Waals surface area contributed by atoms with Crippen molar-refractivity contribution in [2.45, 2.75) is 0 Å². The Morgan fingerprint density at radius 2 is 1.45 bits per heavy atom. The van der Waals surface area contributed by atoms with Gasteiger partial charge in [0.15, 0.2) is 5.65 Å². The van der Waals surface area contributed by atoms with Crippen LogP contribution in [0.25, 0.3) is 45.0 Å². The van der Waals surface area contributed by atoms with Gasteiger partial charge in [0.25, 0.3) is 0 Å². The SMILES string of the molecule is Cn1c(-c2ccccc2)cc2c1nc(/C=C1\C(=O)Oc3cc4ccccc4cc3C1=O)n2-c1ccccc1. The van der Waals surface area contributed by atoms with Crippen LogP contribution >= 0.6 is 0 Å². The van der Waals surface area contributed by atoms with Crippen molar-refractivity contribution in [3.05, 3.63) is 120 Å². The van der Waals surface area contributed by atoms with Crippen molar-refractivity contribution in [3.63, 3.8) is 0 Å². The average molecular weight is 496 g/mol. The molecule has 0 unspecified atom stereocenters. The summed E-state index contributed by atoms with van der Waals surface area (Å²) >= 11 is 0. The number of nitrogens with zero attached hydrogens (tertiary/aromatic N) is 3. The van der Waals surface area contributed by atoms with E-state index in [0.717, 1.165) is 38.9 Å². The Balaban J connectivity index is 1.42. The maximum Gasteiger partial charge on any atom is 0.347 e. The molecule has 7 rings (SSSR count). The Morgan fingerprint density at radius 3 is 2.18 bits per heavy atom. The molecule has 6 nitrogen and oxygen atoms in total. The highest BCUT2D eigenvalue weighted by molar-refractivity contribution is 6.30. The van der Waals surface area contributed by atoms with Crippen molar-refractivity contribution in [1.82, 2.24) is 14.1 Å². The van der Waals surface area contributed by atoms with Crippen LogP contribution in [0.2, 0.25) is 0 Å². The molecule has 0 saturated carbocycles. The fourth-order valence-corrected chi connectivity index (χ4v) is 5.11. The van der Waals surface area contributed by atoms with E-state index in [4.69, 9.17) is 9.72 Å². The van der Waals surface area contributed by atoms with Gasteiger partial charge in [0, 0.05) is 12.7 Å². The van der Waals surface area contributed by atoms with Crippen LogP contribution in [0.15, 0.2) is 109 Å². The van der Waals surface area contributed by atoms with E-state index in [1.165, 1.54) is 6.08 Å². The standard InChI is InChI=1S/C32H21N3O3/c1-34-26(20-10-4-2-5-11-20)19-27-31(34)33-29(35(27)23-14-6-3-7-15-23)18-25-30(36)24-16-21-12-8-9-13-22(21)17-28(24)38-32(25)37/h2-19H,1H3/b25-18-. The second-order valence-corrected chi connectivity index (χ2v) is 9.28. The summed E-state index contributed by atoms with van der Waals surface area (Å²) in [7, 11) is 1.96. The van der Waals surface area contributed by atoms with Crippen molar-refractivity contribution < 1.29 is 14.3 Å². The molecule has 1 aliphatic rings. The molecule has 182 valence electrons. The van der Waals surface area contributed by atoms with Crippen LogP contribution < -0.4 is 4.74 Å². The fraction of sp³-hybridized carbons (Fsp3) is 0.0312. The number of carbonyl (C=O) groups excluding carboxylic acids is 2. The van der Waals surface area contributed by atoms with Crippen LogP contribution in [0.1, 0.15) is 16.2 Å². The molecule has 0 fully saturated rings. The third-order valence-electron chi connectivity index (χ3n) is 6.99. The number of rotatable bonds is 3. The Kier molecular flexibility index (Phi) is 4.88. The van der Waals surface area contributed by atoms with E-state index in [-0.39, 0.29) is 17.1 Å². The first-order chi connectivity index (χ1) is 18.6. The van der Waals surface area contributed by atoms with Crippen molar-refractivity contribution in [1.29, 1.82) is 0 Å². The summed E-state index contributed by atoms with van der Waals surface area (Å²) in [4.78, 5) is 31.5. The maximum absolute atomic E-state index is 13.6. The Morgan fingerprint density at radius 1 is 0.789 bits per heavy atom. The second kappa shape index (κ2) is 8.42. The lowest BCUT2D eigenvalue weighted by atomic mass is 9.96. The van der Waals surface area contributed by atoms with Gasteiger partial charge in [-0.25, -0.2) is 9.78 Å². The van der Waals surface area contributed by atoms with Gasteiger partial charge in [-0.15, -0.1) is 0 Å². The molecule has 0 radical (unpaired) electrons. The molecule has 0 atom stereocenters. The van der Waals surface area contributed by atoms with Crippen LogP contribution in [0.3, 0.4) is 0 Å². The number of esters is 1. The third kappa shape index (κ3) is 3.38. The molecule has 1 aliphatic heterocycles. The van der Waals surface area contributed by atoms with Gasteiger partial charge in [-0.1, -0.05) is 72.8 Å². The summed E-state index contributed by atoms with van der Waals surface area (Å²) in [5.74, 6) is -0.311.